The lowest BCUT2D eigenvalue weighted by Crippen LogP contribution is -2.27. The van der Waals surface area contributed by atoms with Gasteiger partial charge in [-0.25, -0.2) is 0 Å². The molecule has 1 heterocycles. The van der Waals surface area contributed by atoms with Gasteiger partial charge >= 0.3 is 0 Å². The molecule has 17 heavy (non-hydrogen) atoms. The average molecular weight is 249 g/mol. The predicted octanol–water partition coefficient (Wildman–Crippen LogP) is 2.42. The standard InChI is InChI=1S/C14H19NOS/c16-10(11-2-1-5-17-11)7-15-14-12-8-3-4-9(6-8)13(12)14/h1-2,5,8-10,12-16H,3-4,6-7H2. The molecular weight excluding hydrogens is 230 g/mol. The zero-order valence-corrected chi connectivity index (χ0v) is 10.7. The molecule has 0 radical (unpaired) electrons. The lowest BCUT2D eigenvalue weighted by atomic mass is 10.0. The van der Waals surface area contributed by atoms with E-state index in [0.29, 0.717) is 0 Å². The van der Waals surface area contributed by atoms with E-state index in [1.807, 2.05) is 17.5 Å². The first-order chi connectivity index (χ1) is 8.34. The van der Waals surface area contributed by atoms with Crippen LogP contribution < -0.4 is 5.32 Å². The fourth-order valence-corrected chi connectivity index (χ4v) is 5.14. The van der Waals surface area contributed by atoms with Crippen molar-refractivity contribution in [1.82, 2.24) is 5.32 Å². The molecule has 3 heteroatoms. The van der Waals surface area contributed by atoms with E-state index in [1.54, 1.807) is 11.3 Å². The maximum absolute atomic E-state index is 10.0. The smallest absolute Gasteiger partial charge is 0.101 e. The first-order valence-electron chi connectivity index (χ1n) is 6.79. The van der Waals surface area contributed by atoms with Crippen molar-refractivity contribution in [3.05, 3.63) is 22.4 Å². The van der Waals surface area contributed by atoms with Crippen molar-refractivity contribution in [2.45, 2.75) is 31.4 Å². The predicted molar refractivity (Wildman–Crippen MR) is 68.9 cm³/mol. The SMILES string of the molecule is OC(CNC1C2C3CCC(C3)C12)c1cccs1. The van der Waals surface area contributed by atoms with Crippen LogP contribution in [0.15, 0.2) is 17.5 Å². The van der Waals surface area contributed by atoms with Crippen LogP contribution >= 0.6 is 11.3 Å². The summed E-state index contributed by atoms with van der Waals surface area (Å²) in [6, 6.07) is 4.76. The van der Waals surface area contributed by atoms with Crippen molar-refractivity contribution in [2.24, 2.45) is 23.7 Å². The Morgan fingerprint density at radius 2 is 2.12 bits per heavy atom. The Kier molecular flexibility index (Phi) is 2.36. The number of aliphatic hydroxyl groups is 1. The molecule has 92 valence electrons. The molecule has 3 aliphatic carbocycles. The number of thiophene rings is 1. The van der Waals surface area contributed by atoms with Crippen LogP contribution in [0.4, 0.5) is 0 Å². The molecule has 3 saturated carbocycles. The number of fused-ring (bicyclic) bond motifs is 5. The number of aliphatic hydroxyl groups excluding tert-OH is 1. The summed E-state index contributed by atoms with van der Waals surface area (Å²) in [5.74, 6) is 3.95. The van der Waals surface area contributed by atoms with E-state index in [9.17, 15) is 5.11 Å². The first kappa shape index (κ1) is 10.5. The Hall–Kier alpha value is -0.380. The van der Waals surface area contributed by atoms with Gasteiger partial charge in [-0.3, -0.25) is 0 Å². The van der Waals surface area contributed by atoms with Crippen LogP contribution in [0.1, 0.15) is 30.2 Å². The number of hydrogen-bond acceptors (Lipinski definition) is 3. The van der Waals surface area contributed by atoms with Crippen molar-refractivity contribution < 1.29 is 5.11 Å². The molecule has 5 atom stereocenters. The molecule has 3 aliphatic rings. The highest BCUT2D eigenvalue weighted by Crippen LogP contribution is 2.65. The van der Waals surface area contributed by atoms with Crippen LogP contribution in [0.3, 0.4) is 0 Å². The topological polar surface area (TPSA) is 32.3 Å². The molecule has 2 bridgehead atoms. The summed E-state index contributed by atoms with van der Waals surface area (Å²) < 4.78 is 0. The van der Waals surface area contributed by atoms with Crippen molar-refractivity contribution >= 4 is 11.3 Å². The molecular formula is C14H19NOS. The van der Waals surface area contributed by atoms with Crippen molar-refractivity contribution in [2.75, 3.05) is 6.54 Å². The van der Waals surface area contributed by atoms with Gasteiger partial charge in [-0.2, -0.15) is 0 Å². The van der Waals surface area contributed by atoms with Crippen LogP contribution in [-0.2, 0) is 0 Å². The Morgan fingerprint density at radius 1 is 1.35 bits per heavy atom. The average Bonchev–Trinajstić information content (AvgIpc) is 2.84. The van der Waals surface area contributed by atoms with Gasteiger partial charge < -0.3 is 10.4 Å². The zero-order valence-electron chi connectivity index (χ0n) is 9.88. The third kappa shape index (κ3) is 1.60. The van der Waals surface area contributed by atoms with E-state index in [4.69, 9.17) is 0 Å². The quantitative estimate of drug-likeness (QED) is 0.859. The van der Waals surface area contributed by atoms with Gasteiger partial charge in [-0.15, -0.1) is 11.3 Å². The van der Waals surface area contributed by atoms with E-state index >= 15 is 0 Å². The van der Waals surface area contributed by atoms with Gasteiger partial charge in [0.15, 0.2) is 0 Å². The maximum Gasteiger partial charge on any atom is 0.101 e. The molecule has 0 aromatic carbocycles. The van der Waals surface area contributed by atoms with Crippen LogP contribution in [-0.4, -0.2) is 17.7 Å². The fourth-order valence-electron chi connectivity index (χ4n) is 4.43. The van der Waals surface area contributed by atoms with Crippen molar-refractivity contribution in [3.8, 4) is 0 Å². The number of nitrogens with one attached hydrogen (secondary N) is 1. The minimum absolute atomic E-state index is 0.311. The van der Waals surface area contributed by atoms with E-state index in [2.05, 4.69) is 5.32 Å². The highest BCUT2D eigenvalue weighted by Gasteiger charge is 2.64. The summed E-state index contributed by atoms with van der Waals surface area (Å²) >= 11 is 1.65. The Morgan fingerprint density at radius 3 is 2.76 bits per heavy atom. The molecule has 1 aromatic rings. The van der Waals surface area contributed by atoms with Gasteiger partial charge in [0.2, 0.25) is 0 Å². The maximum atomic E-state index is 10.0. The highest BCUT2D eigenvalue weighted by molar-refractivity contribution is 7.10. The fraction of sp³-hybridized carbons (Fsp3) is 0.714. The van der Waals surface area contributed by atoms with Gasteiger partial charge in [0.1, 0.15) is 6.10 Å². The van der Waals surface area contributed by atoms with Gasteiger partial charge in [0.05, 0.1) is 0 Å². The van der Waals surface area contributed by atoms with Crippen molar-refractivity contribution in [3.63, 3.8) is 0 Å². The van der Waals surface area contributed by atoms with E-state index < -0.39 is 0 Å². The molecule has 0 aliphatic heterocycles. The van der Waals surface area contributed by atoms with Crippen LogP contribution in [0, 0.1) is 23.7 Å². The molecule has 4 rings (SSSR count). The van der Waals surface area contributed by atoms with E-state index in [0.717, 1.165) is 41.1 Å². The highest BCUT2D eigenvalue weighted by atomic mass is 32.1. The van der Waals surface area contributed by atoms with Gasteiger partial charge in [-0.05, 0) is 54.4 Å². The first-order valence-corrected chi connectivity index (χ1v) is 7.67. The molecule has 0 amide bonds. The number of hydrogen-bond donors (Lipinski definition) is 2. The van der Waals surface area contributed by atoms with Gasteiger partial charge in [-0.1, -0.05) is 6.07 Å². The molecule has 0 spiro atoms. The Labute approximate surface area is 106 Å². The molecule has 3 fully saturated rings. The largest absolute Gasteiger partial charge is 0.386 e. The molecule has 2 N–H and O–H groups in total. The Balaban J connectivity index is 1.33. The van der Waals surface area contributed by atoms with Crippen molar-refractivity contribution in [1.29, 1.82) is 0 Å². The second-order valence-corrected chi connectivity index (χ2v) is 6.93. The van der Waals surface area contributed by atoms with Crippen LogP contribution in [0.25, 0.3) is 0 Å². The molecule has 0 saturated heterocycles. The van der Waals surface area contributed by atoms with Gasteiger partial charge in [0.25, 0.3) is 0 Å². The molecule has 1 aromatic heterocycles. The third-order valence-corrected chi connectivity index (χ3v) is 6.13. The number of rotatable bonds is 4. The van der Waals surface area contributed by atoms with E-state index in [-0.39, 0.29) is 6.10 Å². The summed E-state index contributed by atoms with van der Waals surface area (Å²) in [6.07, 6.45) is 4.13. The normalized spacial score (nSPS) is 43.7. The molecule has 2 nitrogen and oxygen atoms in total. The van der Waals surface area contributed by atoms with Crippen LogP contribution in [0.5, 0.6) is 0 Å². The lowest BCUT2D eigenvalue weighted by Gasteiger charge is -2.13. The Bertz CT molecular complexity index is 388. The van der Waals surface area contributed by atoms with Crippen LogP contribution in [0.2, 0.25) is 0 Å². The summed E-state index contributed by atoms with van der Waals surface area (Å²) in [7, 11) is 0. The molecule has 5 unspecified atom stereocenters. The van der Waals surface area contributed by atoms with E-state index in [1.165, 1.54) is 19.3 Å². The second kappa shape index (κ2) is 3.81. The third-order valence-electron chi connectivity index (χ3n) is 5.15. The monoisotopic (exact) mass is 249 g/mol. The lowest BCUT2D eigenvalue weighted by molar-refractivity contribution is 0.175. The minimum atomic E-state index is -0.311. The summed E-state index contributed by atoms with van der Waals surface area (Å²) in [6.45, 7) is 0.734. The summed E-state index contributed by atoms with van der Waals surface area (Å²) in [4.78, 5) is 1.09. The second-order valence-electron chi connectivity index (χ2n) is 5.95. The minimum Gasteiger partial charge on any atom is -0.386 e. The summed E-state index contributed by atoms with van der Waals surface area (Å²) in [5.41, 5.74) is 0. The van der Waals surface area contributed by atoms with Gasteiger partial charge in [0, 0.05) is 17.5 Å². The summed E-state index contributed by atoms with van der Waals surface area (Å²) in [5, 5.41) is 15.7. The zero-order chi connectivity index (χ0) is 11.4.